The van der Waals surface area contributed by atoms with Gasteiger partial charge in [-0.05, 0) is 56.0 Å². The summed E-state index contributed by atoms with van der Waals surface area (Å²) >= 11 is 0. The normalized spacial score (nSPS) is 18.2. The fourth-order valence-corrected chi connectivity index (χ4v) is 4.54. The van der Waals surface area contributed by atoms with Crippen LogP contribution in [0.2, 0.25) is 0 Å². The van der Waals surface area contributed by atoms with Gasteiger partial charge < -0.3 is 9.73 Å². The Morgan fingerprint density at radius 1 is 0.909 bits per heavy atom. The molecule has 1 saturated carbocycles. The Kier molecular flexibility index (Phi) is 5.60. The third-order valence-electron chi connectivity index (χ3n) is 6.30. The molecule has 0 aliphatic heterocycles. The van der Waals surface area contributed by atoms with E-state index < -0.39 is 0 Å². The molecule has 0 spiro atoms. The van der Waals surface area contributed by atoms with Gasteiger partial charge in [0.05, 0.1) is 11.7 Å². The van der Waals surface area contributed by atoms with Crippen LogP contribution >= 0.6 is 0 Å². The van der Waals surface area contributed by atoms with Gasteiger partial charge in [0.15, 0.2) is 11.4 Å². The number of anilines is 1. The molecule has 33 heavy (non-hydrogen) atoms. The van der Waals surface area contributed by atoms with E-state index in [9.17, 15) is 14.4 Å². The highest BCUT2D eigenvalue weighted by Crippen LogP contribution is 2.34. The molecular formula is C26H23N3O4. The minimum absolute atomic E-state index is 0.00785. The number of nitrogens with one attached hydrogen (secondary N) is 1. The molecule has 0 unspecified atom stereocenters. The Bertz CT molecular complexity index is 1350. The second kappa shape index (κ2) is 8.86. The number of benzene rings is 2. The molecule has 0 saturated heterocycles. The highest BCUT2D eigenvalue weighted by Gasteiger charge is 2.29. The highest BCUT2D eigenvalue weighted by molar-refractivity contribution is 6.09. The molecule has 2 heterocycles. The van der Waals surface area contributed by atoms with Gasteiger partial charge in [0.2, 0.25) is 5.91 Å². The summed E-state index contributed by atoms with van der Waals surface area (Å²) < 4.78 is 6.99. The lowest BCUT2D eigenvalue weighted by molar-refractivity contribution is -0.121. The number of nitrogens with zero attached hydrogens (tertiary/aromatic N) is 2. The first kappa shape index (κ1) is 20.9. The van der Waals surface area contributed by atoms with Crippen molar-refractivity contribution in [3.63, 3.8) is 0 Å². The number of oxazole rings is 1. The van der Waals surface area contributed by atoms with Crippen molar-refractivity contribution in [2.24, 2.45) is 5.92 Å². The Morgan fingerprint density at radius 2 is 1.61 bits per heavy atom. The van der Waals surface area contributed by atoms with Gasteiger partial charge in [0.25, 0.3) is 0 Å². The maximum absolute atomic E-state index is 12.8. The molecule has 2 aromatic heterocycles. The molecule has 1 aliphatic carbocycles. The van der Waals surface area contributed by atoms with Crippen LogP contribution in [-0.2, 0) is 4.79 Å². The lowest BCUT2D eigenvalue weighted by Crippen LogP contribution is -2.30. The summed E-state index contributed by atoms with van der Waals surface area (Å²) in [6.07, 6.45) is 6.01. The monoisotopic (exact) mass is 441 g/mol. The van der Waals surface area contributed by atoms with Crippen LogP contribution in [0, 0.1) is 5.92 Å². The molecule has 4 aromatic rings. The van der Waals surface area contributed by atoms with Crippen molar-refractivity contribution in [3.8, 4) is 0 Å². The number of rotatable bonds is 5. The minimum atomic E-state index is -0.379. The first-order valence-electron chi connectivity index (χ1n) is 11.1. The van der Waals surface area contributed by atoms with Gasteiger partial charge >= 0.3 is 5.76 Å². The maximum atomic E-state index is 12.8. The third-order valence-corrected chi connectivity index (χ3v) is 6.30. The van der Waals surface area contributed by atoms with E-state index >= 15 is 0 Å². The number of amides is 1. The zero-order valence-electron chi connectivity index (χ0n) is 17.9. The standard InChI is InChI=1S/C26H23N3O4/c30-24(17-4-2-1-3-5-17)18-6-10-20(11-7-18)28-25(31)19-8-12-21(13-9-19)29-22-14-15-27-16-23(22)33-26(29)32/h1-7,10-11,14-16,19,21H,8-9,12-13H2,(H,28,31). The van der Waals surface area contributed by atoms with Crippen molar-refractivity contribution in [2.45, 2.75) is 31.7 Å². The van der Waals surface area contributed by atoms with Crippen LogP contribution in [0.25, 0.3) is 11.1 Å². The summed E-state index contributed by atoms with van der Waals surface area (Å²) in [6, 6.07) is 17.9. The number of aromatic nitrogens is 2. The highest BCUT2D eigenvalue weighted by atomic mass is 16.4. The number of fused-ring (bicyclic) bond motifs is 1. The van der Waals surface area contributed by atoms with Crippen LogP contribution in [-0.4, -0.2) is 21.2 Å². The van der Waals surface area contributed by atoms with E-state index in [0.29, 0.717) is 35.2 Å². The van der Waals surface area contributed by atoms with E-state index in [1.54, 1.807) is 59.4 Å². The van der Waals surface area contributed by atoms with Crippen LogP contribution in [0.15, 0.2) is 82.3 Å². The molecule has 166 valence electrons. The first-order chi connectivity index (χ1) is 16.1. The molecular weight excluding hydrogens is 418 g/mol. The van der Waals surface area contributed by atoms with Gasteiger partial charge in [-0.15, -0.1) is 0 Å². The summed E-state index contributed by atoms with van der Waals surface area (Å²) in [4.78, 5) is 41.7. The second-order valence-corrected chi connectivity index (χ2v) is 8.35. The Labute approximate surface area is 190 Å². The molecule has 1 amide bonds. The molecule has 0 atom stereocenters. The van der Waals surface area contributed by atoms with Gasteiger partial charge in [0, 0.05) is 35.0 Å². The summed E-state index contributed by atoms with van der Waals surface area (Å²) in [7, 11) is 0. The quantitative estimate of drug-likeness (QED) is 0.457. The largest absolute Gasteiger partial charge is 0.420 e. The van der Waals surface area contributed by atoms with Crippen molar-refractivity contribution in [2.75, 3.05) is 5.32 Å². The summed E-state index contributed by atoms with van der Waals surface area (Å²) in [6.45, 7) is 0. The Morgan fingerprint density at radius 3 is 2.33 bits per heavy atom. The molecule has 1 aliphatic rings. The number of ketones is 1. The van der Waals surface area contributed by atoms with E-state index in [1.165, 1.54) is 0 Å². The average molecular weight is 441 g/mol. The number of carbonyl (C=O) groups is 2. The second-order valence-electron chi connectivity index (χ2n) is 8.35. The van der Waals surface area contributed by atoms with E-state index in [1.807, 2.05) is 18.2 Å². The number of carbonyl (C=O) groups excluding carboxylic acids is 2. The van der Waals surface area contributed by atoms with Crippen molar-refractivity contribution < 1.29 is 14.0 Å². The summed E-state index contributed by atoms with van der Waals surface area (Å²) in [5.74, 6) is -0.591. The SMILES string of the molecule is O=C(c1ccccc1)c1ccc(NC(=O)C2CCC(n3c(=O)oc4cnccc43)CC2)cc1. The van der Waals surface area contributed by atoms with Crippen LogP contribution < -0.4 is 11.1 Å². The number of pyridine rings is 1. The zero-order chi connectivity index (χ0) is 22.8. The molecule has 1 fully saturated rings. The van der Waals surface area contributed by atoms with E-state index in [2.05, 4.69) is 10.3 Å². The fourth-order valence-electron chi connectivity index (χ4n) is 4.54. The Balaban J connectivity index is 1.21. The minimum Gasteiger partial charge on any atom is -0.406 e. The predicted octanol–water partition coefficient (Wildman–Crippen LogP) is 4.59. The lowest BCUT2D eigenvalue weighted by atomic mass is 9.85. The van der Waals surface area contributed by atoms with E-state index in [0.717, 1.165) is 18.4 Å². The molecule has 1 N–H and O–H groups in total. The topological polar surface area (TPSA) is 94.2 Å². The van der Waals surface area contributed by atoms with Gasteiger partial charge in [-0.25, -0.2) is 4.79 Å². The number of hydrogen-bond donors (Lipinski definition) is 1. The molecule has 2 aromatic carbocycles. The first-order valence-corrected chi connectivity index (χ1v) is 11.1. The Hall–Kier alpha value is -4.00. The van der Waals surface area contributed by atoms with E-state index in [4.69, 9.17) is 4.42 Å². The van der Waals surface area contributed by atoms with Crippen molar-refractivity contribution >= 4 is 28.5 Å². The van der Waals surface area contributed by atoms with Crippen LogP contribution in [0.1, 0.15) is 47.6 Å². The van der Waals surface area contributed by atoms with Crippen LogP contribution in [0.5, 0.6) is 0 Å². The average Bonchev–Trinajstić information content (AvgIpc) is 3.20. The molecule has 5 rings (SSSR count). The van der Waals surface area contributed by atoms with Crippen molar-refractivity contribution in [1.29, 1.82) is 0 Å². The predicted molar refractivity (Wildman–Crippen MR) is 124 cm³/mol. The summed E-state index contributed by atoms with van der Waals surface area (Å²) in [5.41, 5.74) is 3.10. The molecule has 7 heteroatoms. The molecule has 7 nitrogen and oxygen atoms in total. The van der Waals surface area contributed by atoms with E-state index in [-0.39, 0.29) is 29.4 Å². The van der Waals surface area contributed by atoms with Crippen molar-refractivity contribution in [3.05, 3.63) is 94.7 Å². The molecule has 0 bridgehead atoms. The zero-order valence-corrected chi connectivity index (χ0v) is 17.9. The third kappa shape index (κ3) is 4.22. The lowest BCUT2D eigenvalue weighted by Gasteiger charge is -2.28. The number of hydrogen-bond acceptors (Lipinski definition) is 5. The molecule has 0 radical (unpaired) electrons. The fraction of sp³-hybridized carbons (Fsp3) is 0.231. The van der Waals surface area contributed by atoms with Gasteiger partial charge in [-0.3, -0.25) is 19.1 Å². The van der Waals surface area contributed by atoms with Crippen molar-refractivity contribution in [1.82, 2.24) is 9.55 Å². The van der Waals surface area contributed by atoms with Gasteiger partial charge in [-0.1, -0.05) is 30.3 Å². The maximum Gasteiger partial charge on any atom is 0.420 e. The van der Waals surface area contributed by atoms with Crippen LogP contribution in [0.4, 0.5) is 5.69 Å². The smallest absolute Gasteiger partial charge is 0.406 e. The summed E-state index contributed by atoms with van der Waals surface area (Å²) in [5, 5.41) is 2.96. The van der Waals surface area contributed by atoms with Gasteiger partial charge in [-0.2, -0.15) is 0 Å². The van der Waals surface area contributed by atoms with Gasteiger partial charge in [0.1, 0.15) is 0 Å². The van der Waals surface area contributed by atoms with Crippen LogP contribution in [0.3, 0.4) is 0 Å².